The van der Waals surface area contributed by atoms with Crippen molar-refractivity contribution in [2.75, 3.05) is 0 Å². The van der Waals surface area contributed by atoms with Gasteiger partial charge in [-0.3, -0.25) is 0 Å². The van der Waals surface area contributed by atoms with Gasteiger partial charge in [0.2, 0.25) is 17.2 Å². The van der Waals surface area contributed by atoms with Crippen molar-refractivity contribution in [3.05, 3.63) is 39.8 Å². The molecule has 0 spiro atoms. The number of fused-ring (bicyclic) bond motifs is 3. The van der Waals surface area contributed by atoms with Crippen LogP contribution in [-0.2, 0) is 0 Å². The molecule has 118 valence electrons. The molecule has 1 aliphatic rings. The van der Waals surface area contributed by atoms with Crippen molar-refractivity contribution in [1.82, 2.24) is 0 Å². The van der Waals surface area contributed by atoms with Crippen molar-refractivity contribution in [2.45, 2.75) is 31.5 Å². The van der Waals surface area contributed by atoms with Crippen LogP contribution in [0, 0.1) is 11.6 Å². The van der Waals surface area contributed by atoms with Crippen molar-refractivity contribution in [3.63, 3.8) is 0 Å². The highest BCUT2D eigenvalue weighted by Crippen LogP contribution is 2.52. The van der Waals surface area contributed by atoms with Gasteiger partial charge in [0, 0.05) is 16.9 Å². The minimum absolute atomic E-state index is 0.117. The third-order valence-electron chi connectivity index (χ3n) is 4.10. The van der Waals surface area contributed by atoms with E-state index in [-0.39, 0.29) is 10.9 Å². The summed E-state index contributed by atoms with van der Waals surface area (Å²) in [5.74, 6) is -4.60. The van der Waals surface area contributed by atoms with Gasteiger partial charge in [-0.2, -0.15) is 17.6 Å². The first kappa shape index (κ1) is 14.8. The van der Waals surface area contributed by atoms with Crippen LogP contribution in [0.3, 0.4) is 0 Å². The minimum Gasteiger partial charge on any atom is -0.470 e. The van der Waals surface area contributed by atoms with Gasteiger partial charge in [0.1, 0.15) is 0 Å². The van der Waals surface area contributed by atoms with Crippen molar-refractivity contribution < 1.29 is 31.1 Å². The molecule has 2 heterocycles. The zero-order chi connectivity index (χ0) is 16.4. The second-order valence-electron chi connectivity index (χ2n) is 5.30. The van der Waals surface area contributed by atoms with E-state index in [2.05, 4.69) is 4.42 Å². The molecule has 0 radical (unpaired) electrons. The molecule has 0 aliphatic carbocycles. The molecule has 0 saturated carbocycles. The van der Waals surface area contributed by atoms with Crippen molar-refractivity contribution in [2.24, 2.45) is 0 Å². The first-order valence-corrected chi connectivity index (χ1v) is 6.28. The number of ether oxygens (including phenoxy) is 1. The van der Waals surface area contributed by atoms with Gasteiger partial charge in [0.05, 0.1) is 0 Å². The minimum atomic E-state index is -4.76. The fourth-order valence-corrected chi connectivity index (χ4v) is 2.62. The number of hydrogen-bond donors (Lipinski definition) is 0. The summed E-state index contributed by atoms with van der Waals surface area (Å²) in [5, 5.41) is -0.117. The number of rotatable bonds is 0. The molecule has 8 heteroatoms. The van der Waals surface area contributed by atoms with Crippen LogP contribution in [-0.4, -0.2) is 11.8 Å². The fraction of sp³-hybridized carbons (Fsp3) is 0.357. The topological polar surface area (TPSA) is 39.4 Å². The second-order valence-corrected chi connectivity index (χ2v) is 5.30. The van der Waals surface area contributed by atoms with E-state index >= 15 is 0 Å². The van der Waals surface area contributed by atoms with Crippen LogP contribution >= 0.6 is 0 Å². The lowest BCUT2D eigenvalue weighted by Crippen LogP contribution is -2.48. The molecule has 0 bridgehead atoms. The quantitative estimate of drug-likeness (QED) is 0.546. The number of halogens is 5. The molecule has 2 aromatic rings. The summed E-state index contributed by atoms with van der Waals surface area (Å²) in [6, 6.07) is 1.82. The van der Waals surface area contributed by atoms with E-state index in [1.165, 1.54) is 6.92 Å². The maximum atomic E-state index is 13.7. The molecule has 1 unspecified atom stereocenters. The molecular formula is C14H9F5O3. The summed E-state index contributed by atoms with van der Waals surface area (Å²) in [6.45, 7) is 2.00. The van der Waals surface area contributed by atoms with Crippen LogP contribution in [0.4, 0.5) is 22.0 Å². The predicted molar refractivity (Wildman–Crippen MR) is 65.9 cm³/mol. The van der Waals surface area contributed by atoms with Crippen molar-refractivity contribution in [3.8, 4) is 5.75 Å². The van der Waals surface area contributed by atoms with E-state index in [0.717, 1.165) is 19.1 Å². The van der Waals surface area contributed by atoms with Crippen molar-refractivity contribution >= 4 is 11.0 Å². The Morgan fingerprint density at radius 1 is 1.23 bits per heavy atom. The number of alkyl halides is 3. The molecule has 1 aromatic heterocycles. The van der Waals surface area contributed by atoms with Gasteiger partial charge in [0.15, 0.2) is 11.4 Å². The van der Waals surface area contributed by atoms with Crippen molar-refractivity contribution in [1.29, 1.82) is 0 Å². The summed E-state index contributed by atoms with van der Waals surface area (Å²) >= 11 is 0. The first-order chi connectivity index (χ1) is 10.1. The lowest BCUT2D eigenvalue weighted by atomic mass is 9.85. The largest absolute Gasteiger partial charge is 0.470 e. The van der Waals surface area contributed by atoms with Gasteiger partial charge in [-0.1, -0.05) is 6.92 Å². The molecule has 3 nitrogen and oxygen atoms in total. The normalized spacial score (nSPS) is 24.4. The Bertz CT molecular complexity index is 839. The molecule has 0 saturated heterocycles. The molecule has 0 amide bonds. The highest BCUT2D eigenvalue weighted by atomic mass is 19.4. The number of hydrogen-bond acceptors (Lipinski definition) is 3. The summed E-state index contributed by atoms with van der Waals surface area (Å²) in [6.07, 6.45) is -4.76. The lowest BCUT2D eigenvalue weighted by Gasteiger charge is -2.30. The second kappa shape index (κ2) is 4.21. The number of benzene rings is 1. The van der Waals surface area contributed by atoms with Gasteiger partial charge in [0.25, 0.3) is 0 Å². The predicted octanol–water partition coefficient (Wildman–Crippen LogP) is 3.89. The lowest BCUT2D eigenvalue weighted by molar-refractivity contribution is -0.241. The average molecular weight is 320 g/mol. The monoisotopic (exact) mass is 320 g/mol. The smallest absolute Gasteiger partial charge is 0.428 e. The van der Waals surface area contributed by atoms with E-state index in [1.54, 1.807) is 0 Å². The van der Waals surface area contributed by atoms with Gasteiger partial charge < -0.3 is 9.15 Å². The summed E-state index contributed by atoms with van der Waals surface area (Å²) in [5.41, 5.74) is -4.77. The highest BCUT2D eigenvalue weighted by molar-refractivity contribution is 5.84. The Kier molecular flexibility index (Phi) is 2.83. The van der Waals surface area contributed by atoms with E-state index in [4.69, 9.17) is 4.74 Å². The Balaban J connectivity index is 2.38. The maximum absolute atomic E-state index is 13.7. The Morgan fingerprint density at radius 2 is 1.86 bits per heavy atom. The zero-order valence-corrected chi connectivity index (χ0v) is 11.3. The van der Waals surface area contributed by atoms with Crippen LogP contribution in [0.2, 0.25) is 0 Å². The molecule has 1 aromatic carbocycles. The van der Waals surface area contributed by atoms with E-state index in [0.29, 0.717) is 0 Å². The molecule has 3 rings (SSSR count). The highest BCUT2D eigenvalue weighted by Gasteiger charge is 2.62. The Hall–Kier alpha value is -2.12. The van der Waals surface area contributed by atoms with Crippen LogP contribution < -0.4 is 10.4 Å². The maximum Gasteiger partial charge on any atom is 0.428 e. The first-order valence-electron chi connectivity index (χ1n) is 6.28. The van der Waals surface area contributed by atoms with Gasteiger partial charge >= 0.3 is 11.8 Å². The van der Waals surface area contributed by atoms with Crippen LogP contribution in [0.15, 0.2) is 21.3 Å². The summed E-state index contributed by atoms with van der Waals surface area (Å²) in [7, 11) is 0. The molecule has 1 aliphatic heterocycles. The van der Waals surface area contributed by atoms with Crippen LogP contribution in [0.25, 0.3) is 11.0 Å². The Morgan fingerprint density at radius 3 is 2.45 bits per heavy atom. The standard InChI is InChI=1S/C14H9F5O3/c1-5-8-6-3-4-7(15)9(16)10(6)21-12(20)11(8)22-13(5,2)14(17,18)19/h3-5H,1-2H3/t5-,13?/m1/s1. The van der Waals surface area contributed by atoms with E-state index in [1.807, 2.05) is 0 Å². The summed E-state index contributed by atoms with van der Waals surface area (Å²) < 4.78 is 76.1. The average Bonchev–Trinajstić information content (AvgIpc) is 2.70. The zero-order valence-electron chi connectivity index (χ0n) is 11.3. The van der Waals surface area contributed by atoms with E-state index in [9.17, 15) is 26.7 Å². The van der Waals surface area contributed by atoms with Crippen LogP contribution in [0.1, 0.15) is 25.3 Å². The third-order valence-corrected chi connectivity index (χ3v) is 4.10. The fourth-order valence-electron chi connectivity index (χ4n) is 2.62. The molecular weight excluding hydrogens is 311 g/mol. The van der Waals surface area contributed by atoms with Gasteiger partial charge in [-0.05, 0) is 19.1 Å². The molecule has 0 fully saturated rings. The SMILES string of the molecule is C[C@@H]1c2c(c(=O)oc3c(F)c(F)ccc23)OC1(C)C(F)(F)F. The van der Waals surface area contributed by atoms with Gasteiger partial charge in [-0.15, -0.1) is 0 Å². The van der Waals surface area contributed by atoms with E-state index < -0.39 is 46.3 Å². The molecule has 0 N–H and O–H groups in total. The van der Waals surface area contributed by atoms with Gasteiger partial charge in [-0.25, -0.2) is 9.18 Å². The molecule has 22 heavy (non-hydrogen) atoms. The Labute approximate surface area is 120 Å². The summed E-state index contributed by atoms with van der Waals surface area (Å²) in [4.78, 5) is 11.8. The van der Waals surface area contributed by atoms with Crippen LogP contribution in [0.5, 0.6) is 5.75 Å². The molecule has 2 atom stereocenters. The third kappa shape index (κ3) is 1.69.